The van der Waals surface area contributed by atoms with Gasteiger partial charge in [-0.15, -0.1) is 11.3 Å². The Hall–Kier alpha value is -0.290. The first-order valence-electron chi connectivity index (χ1n) is 5.88. The third-order valence-electron chi connectivity index (χ3n) is 2.72. The molecule has 2 N–H and O–H groups in total. The summed E-state index contributed by atoms with van der Waals surface area (Å²) < 4.78 is 0.879. The Balaban J connectivity index is 2.36. The van der Waals surface area contributed by atoms with Crippen molar-refractivity contribution in [3.8, 4) is 0 Å². The number of hydrogen-bond donors (Lipinski definition) is 1. The second-order valence-corrected chi connectivity index (χ2v) is 7.04. The fourth-order valence-corrected chi connectivity index (χ4v) is 4.11. The van der Waals surface area contributed by atoms with Crippen LogP contribution < -0.4 is 5.73 Å². The van der Waals surface area contributed by atoms with Gasteiger partial charge < -0.3 is 5.73 Å². The van der Waals surface area contributed by atoms with Crippen molar-refractivity contribution in [1.29, 1.82) is 0 Å². The largest absolute Gasteiger partial charge is 0.375 e. The first kappa shape index (κ1) is 15.1. The van der Waals surface area contributed by atoms with Crippen LogP contribution in [0.2, 0.25) is 10.0 Å². The zero-order valence-electron chi connectivity index (χ0n) is 10.3. The highest BCUT2D eigenvalue weighted by molar-refractivity contribution is 9.10. The number of aryl methyl sites for hydroxylation is 1. The van der Waals surface area contributed by atoms with E-state index in [9.17, 15) is 0 Å². The summed E-state index contributed by atoms with van der Waals surface area (Å²) in [5.74, 6) is 0. The molecule has 2 aromatic rings. The Morgan fingerprint density at radius 3 is 2.53 bits per heavy atom. The highest BCUT2D eigenvalue weighted by Crippen LogP contribution is 2.33. The minimum absolute atomic E-state index is 0.600. The quantitative estimate of drug-likeness (QED) is 0.778. The first-order valence-corrected chi connectivity index (χ1v) is 8.25. The predicted octanol–water partition coefficient (Wildman–Crippen LogP) is 5.34. The fourth-order valence-electron chi connectivity index (χ4n) is 1.88. The topological polar surface area (TPSA) is 38.9 Å². The number of rotatable bonds is 4. The molecule has 1 heterocycles. The SMILES string of the molecule is CCCc1nc(N)sc1Cc1c(Cl)cc(Br)cc1Cl. The molecule has 102 valence electrons. The van der Waals surface area contributed by atoms with Crippen molar-refractivity contribution >= 4 is 55.6 Å². The second kappa shape index (κ2) is 6.44. The summed E-state index contributed by atoms with van der Waals surface area (Å²) >= 11 is 17.4. The predicted molar refractivity (Wildman–Crippen MR) is 87.5 cm³/mol. The number of nitrogens with zero attached hydrogens (tertiary/aromatic N) is 1. The van der Waals surface area contributed by atoms with Crippen molar-refractivity contribution < 1.29 is 0 Å². The number of nitrogen functional groups attached to an aromatic ring is 1. The molecular weight excluding hydrogens is 367 g/mol. The second-order valence-electron chi connectivity index (χ2n) is 4.20. The summed E-state index contributed by atoms with van der Waals surface area (Å²) in [4.78, 5) is 5.52. The van der Waals surface area contributed by atoms with E-state index in [2.05, 4.69) is 27.8 Å². The van der Waals surface area contributed by atoms with Crippen LogP contribution in [0.15, 0.2) is 16.6 Å². The number of benzene rings is 1. The van der Waals surface area contributed by atoms with E-state index in [1.54, 1.807) is 0 Å². The van der Waals surface area contributed by atoms with Gasteiger partial charge in [-0.2, -0.15) is 0 Å². The summed E-state index contributed by atoms with van der Waals surface area (Å²) in [6, 6.07) is 3.71. The molecule has 6 heteroatoms. The molecule has 0 bridgehead atoms. The molecule has 0 unspecified atom stereocenters. The van der Waals surface area contributed by atoms with Crippen molar-refractivity contribution in [2.45, 2.75) is 26.2 Å². The van der Waals surface area contributed by atoms with Crippen LogP contribution in [0.1, 0.15) is 29.5 Å². The third kappa shape index (κ3) is 3.63. The van der Waals surface area contributed by atoms with E-state index in [4.69, 9.17) is 28.9 Å². The molecule has 0 radical (unpaired) electrons. The Kier molecular flexibility index (Phi) is 5.12. The van der Waals surface area contributed by atoms with Crippen molar-refractivity contribution in [2.24, 2.45) is 0 Å². The minimum Gasteiger partial charge on any atom is -0.375 e. The lowest BCUT2D eigenvalue weighted by molar-refractivity contribution is 0.879. The van der Waals surface area contributed by atoms with E-state index in [0.29, 0.717) is 21.6 Å². The smallest absolute Gasteiger partial charge is 0.180 e. The van der Waals surface area contributed by atoms with Crippen LogP contribution in [-0.2, 0) is 12.8 Å². The van der Waals surface area contributed by atoms with Crippen LogP contribution in [0.4, 0.5) is 5.13 Å². The van der Waals surface area contributed by atoms with Gasteiger partial charge >= 0.3 is 0 Å². The zero-order valence-corrected chi connectivity index (χ0v) is 14.3. The van der Waals surface area contributed by atoms with Gasteiger partial charge in [-0.3, -0.25) is 0 Å². The molecule has 19 heavy (non-hydrogen) atoms. The maximum absolute atomic E-state index is 6.26. The van der Waals surface area contributed by atoms with Crippen molar-refractivity contribution in [2.75, 3.05) is 5.73 Å². The lowest BCUT2D eigenvalue weighted by atomic mass is 10.1. The number of aromatic nitrogens is 1. The molecule has 0 amide bonds. The van der Waals surface area contributed by atoms with Crippen LogP contribution in [-0.4, -0.2) is 4.98 Å². The lowest BCUT2D eigenvalue weighted by Crippen LogP contribution is -1.94. The number of anilines is 1. The summed E-state index contributed by atoms with van der Waals surface area (Å²) in [6.45, 7) is 2.12. The molecule has 0 saturated carbocycles. The van der Waals surface area contributed by atoms with Gasteiger partial charge in [-0.1, -0.05) is 52.5 Å². The summed E-state index contributed by atoms with van der Waals surface area (Å²) in [6.07, 6.45) is 2.64. The van der Waals surface area contributed by atoms with E-state index in [1.165, 1.54) is 11.3 Å². The summed E-state index contributed by atoms with van der Waals surface area (Å²) in [5, 5.41) is 1.92. The Labute approximate surface area is 135 Å². The molecule has 0 aliphatic carbocycles. The van der Waals surface area contributed by atoms with Gasteiger partial charge in [0, 0.05) is 25.8 Å². The molecule has 2 rings (SSSR count). The van der Waals surface area contributed by atoms with Crippen LogP contribution in [0.25, 0.3) is 0 Å². The number of nitrogens with two attached hydrogens (primary N) is 1. The van der Waals surface area contributed by atoms with Crippen molar-refractivity contribution in [3.63, 3.8) is 0 Å². The highest BCUT2D eigenvalue weighted by Gasteiger charge is 2.14. The molecule has 0 aliphatic rings. The van der Waals surface area contributed by atoms with Gasteiger partial charge in [-0.25, -0.2) is 4.98 Å². The molecule has 0 atom stereocenters. The highest BCUT2D eigenvalue weighted by atomic mass is 79.9. The van der Waals surface area contributed by atoms with E-state index in [-0.39, 0.29) is 0 Å². The summed E-state index contributed by atoms with van der Waals surface area (Å²) in [7, 11) is 0. The van der Waals surface area contributed by atoms with E-state index in [0.717, 1.165) is 33.4 Å². The number of hydrogen-bond acceptors (Lipinski definition) is 3. The lowest BCUT2D eigenvalue weighted by Gasteiger charge is -2.07. The van der Waals surface area contributed by atoms with Gasteiger partial charge in [-0.05, 0) is 24.1 Å². The molecule has 0 saturated heterocycles. The van der Waals surface area contributed by atoms with Crippen LogP contribution >= 0.6 is 50.5 Å². The zero-order chi connectivity index (χ0) is 14.0. The average molecular weight is 380 g/mol. The molecule has 0 spiro atoms. The van der Waals surface area contributed by atoms with Gasteiger partial charge in [0.25, 0.3) is 0 Å². The number of thiazole rings is 1. The maximum Gasteiger partial charge on any atom is 0.180 e. The van der Waals surface area contributed by atoms with Crippen LogP contribution in [0.3, 0.4) is 0 Å². The average Bonchev–Trinajstić information content (AvgIpc) is 2.64. The van der Waals surface area contributed by atoms with E-state index < -0.39 is 0 Å². The Bertz CT molecular complexity index is 575. The standard InChI is InChI=1S/C13H13BrCl2N2S/c1-2-3-11-12(19-13(17)18-11)6-8-9(15)4-7(14)5-10(8)16/h4-5H,2-3,6H2,1H3,(H2,17,18). The molecular formula is C13H13BrCl2N2S. The molecule has 0 aliphatic heterocycles. The molecule has 0 fully saturated rings. The fraction of sp³-hybridized carbons (Fsp3) is 0.308. The molecule has 1 aromatic carbocycles. The van der Waals surface area contributed by atoms with E-state index >= 15 is 0 Å². The first-order chi connectivity index (χ1) is 9.01. The van der Waals surface area contributed by atoms with Gasteiger partial charge in [0.2, 0.25) is 0 Å². The van der Waals surface area contributed by atoms with Crippen molar-refractivity contribution in [1.82, 2.24) is 4.98 Å². The Morgan fingerprint density at radius 1 is 1.32 bits per heavy atom. The van der Waals surface area contributed by atoms with Crippen molar-refractivity contribution in [3.05, 3.63) is 42.8 Å². The Morgan fingerprint density at radius 2 is 1.95 bits per heavy atom. The van der Waals surface area contributed by atoms with Gasteiger partial charge in [0.05, 0.1) is 5.69 Å². The van der Waals surface area contributed by atoms with Gasteiger partial charge in [0.15, 0.2) is 5.13 Å². The van der Waals surface area contributed by atoms with E-state index in [1.807, 2.05) is 12.1 Å². The number of halogens is 3. The monoisotopic (exact) mass is 378 g/mol. The summed E-state index contributed by atoms with van der Waals surface area (Å²) in [5.41, 5.74) is 7.78. The minimum atomic E-state index is 0.600. The van der Waals surface area contributed by atoms with Crippen LogP contribution in [0.5, 0.6) is 0 Å². The third-order valence-corrected chi connectivity index (χ3v) is 4.78. The van der Waals surface area contributed by atoms with Gasteiger partial charge in [0.1, 0.15) is 0 Å². The molecule has 1 aromatic heterocycles. The normalized spacial score (nSPS) is 10.9. The van der Waals surface area contributed by atoms with Crippen LogP contribution in [0, 0.1) is 0 Å². The maximum atomic E-state index is 6.26. The molecule has 2 nitrogen and oxygen atoms in total.